The number of benzene rings is 2. The Morgan fingerprint density at radius 1 is 1.08 bits per heavy atom. The molecular weight excluding hydrogens is 392 g/mol. The monoisotopic (exact) mass is 408 g/mol. The lowest BCUT2D eigenvalue weighted by atomic mass is 10.0. The largest absolute Gasteiger partial charge is 0.493 e. The lowest BCUT2D eigenvalue weighted by Gasteiger charge is -2.10. The van der Waals surface area contributed by atoms with Crippen molar-refractivity contribution in [2.75, 3.05) is 6.61 Å². The van der Waals surface area contributed by atoms with Crippen molar-refractivity contribution in [3.63, 3.8) is 0 Å². The number of hydrogen-bond donors (Lipinski definition) is 0. The summed E-state index contributed by atoms with van der Waals surface area (Å²) in [5.41, 5.74) is 4.62. The quantitative estimate of drug-likeness (QED) is 0.483. The summed E-state index contributed by atoms with van der Waals surface area (Å²) in [5, 5.41) is 5.61. The Morgan fingerprint density at radius 3 is 2.65 bits per heavy atom. The van der Waals surface area contributed by atoms with Gasteiger partial charge in [0.2, 0.25) is 0 Å². The van der Waals surface area contributed by atoms with E-state index in [2.05, 4.69) is 43.1 Å². The van der Waals surface area contributed by atoms with E-state index in [1.807, 2.05) is 55.2 Å². The molecule has 0 aliphatic heterocycles. The maximum Gasteiger partial charge on any atom is 0.135 e. The van der Waals surface area contributed by atoms with E-state index in [1.165, 1.54) is 0 Å². The van der Waals surface area contributed by atoms with Gasteiger partial charge in [-0.25, -0.2) is 9.97 Å². The number of fused-ring (bicyclic) bond motifs is 1. The molecule has 0 aliphatic carbocycles. The zero-order valence-electron chi connectivity index (χ0n) is 14.5. The van der Waals surface area contributed by atoms with Gasteiger partial charge in [-0.2, -0.15) is 5.10 Å². The van der Waals surface area contributed by atoms with Crippen molar-refractivity contribution in [3.05, 3.63) is 59.5 Å². The van der Waals surface area contributed by atoms with Crippen molar-refractivity contribution >= 4 is 26.8 Å². The third kappa shape index (κ3) is 2.97. The summed E-state index contributed by atoms with van der Waals surface area (Å²) < 4.78 is 8.36. The second-order valence-corrected chi connectivity index (χ2v) is 6.74. The Kier molecular flexibility index (Phi) is 4.42. The van der Waals surface area contributed by atoms with E-state index >= 15 is 0 Å². The Bertz CT molecular complexity index is 1080. The normalized spacial score (nSPS) is 11.0. The summed E-state index contributed by atoms with van der Waals surface area (Å²) in [6.07, 6.45) is 3.58. The minimum absolute atomic E-state index is 0.600. The number of nitrogens with zero attached hydrogens (tertiary/aromatic N) is 4. The maximum atomic E-state index is 5.66. The summed E-state index contributed by atoms with van der Waals surface area (Å²) in [5.74, 6) is 0.777. The van der Waals surface area contributed by atoms with E-state index in [0.29, 0.717) is 6.61 Å². The molecule has 0 aliphatic rings. The number of ether oxygens (including phenoxy) is 1. The van der Waals surface area contributed by atoms with E-state index in [9.17, 15) is 0 Å². The molecule has 0 bridgehead atoms. The molecule has 0 atom stereocenters. The molecule has 6 heteroatoms. The average Bonchev–Trinajstić information content (AvgIpc) is 3.04. The van der Waals surface area contributed by atoms with E-state index in [4.69, 9.17) is 4.74 Å². The van der Waals surface area contributed by atoms with Gasteiger partial charge in [-0.05, 0) is 28.9 Å². The number of aromatic nitrogens is 4. The number of halogens is 1. The first-order chi connectivity index (χ1) is 12.7. The third-order valence-corrected chi connectivity index (χ3v) is 4.74. The summed E-state index contributed by atoms with van der Waals surface area (Å²) >= 11 is 3.59. The van der Waals surface area contributed by atoms with Crippen molar-refractivity contribution in [2.24, 2.45) is 7.05 Å². The summed E-state index contributed by atoms with van der Waals surface area (Å²) in [4.78, 5) is 8.99. The molecule has 130 valence electrons. The molecule has 0 saturated heterocycles. The highest BCUT2D eigenvalue weighted by Gasteiger charge is 2.17. The predicted molar refractivity (Wildman–Crippen MR) is 106 cm³/mol. The zero-order chi connectivity index (χ0) is 18.1. The van der Waals surface area contributed by atoms with Gasteiger partial charge in [-0.1, -0.05) is 30.3 Å². The first-order valence-electron chi connectivity index (χ1n) is 8.34. The molecule has 0 spiro atoms. The van der Waals surface area contributed by atoms with Gasteiger partial charge in [-0.3, -0.25) is 4.68 Å². The van der Waals surface area contributed by atoms with Crippen LogP contribution in [0.4, 0.5) is 0 Å². The Morgan fingerprint density at radius 2 is 1.88 bits per heavy atom. The number of hydrogen-bond acceptors (Lipinski definition) is 4. The fraction of sp³-hybridized carbons (Fsp3) is 0.150. The van der Waals surface area contributed by atoms with E-state index in [-0.39, 0.29) is 0 Å². The molecule has 2 heterocycles. The van der Waals surface area contributed by atoms with Crippen molar-refractivity contribution in [3.8, 4) is 28.3 Å². The van der Waals surface area contributed by atoms with Crippen LogP contribution >= 0.6 is 15.9 Å². The van der Waals surface area contributed by atoms with Crippen LogP contribution in [-0.4, -0.2) is 26.4 Å². The van der Waals surface area contributed by atoms with Crippen LogP contribution in [0.15, 0.2) is 59.5 Å². The summed E-state index contributed by atoms with van der Waals surface area (Å²) in [6, 6.07) is 14.1. The molecule has 5 nitrogen and oxygen atoms in total. The maximum absolute atomic E-state index is 5.66. The van der Waals surface area contributed by atoms with Crippen molar-refractivity contribution in [2.45, 2.75) is 6.92 Å². The highest BCUT2D eigenvalue weighted by Crippen LogP contribution is 2.37. The van der Waals surface area contributed by atoms with E-state index < -0.39 is 0 Å². The van der Waals surface area contributed by atoms with Crippen LogP contribution in [-0.2, 0) is 7.05 Å². The minimum Gasteiger partial charge on any atom is -0.493 e. The minimum atomic E-state index is 0.600. The van der Waals surface area contributed by atoms with Gasteiger partial charge >= 0.3 is 0 Å². The van der Waals surface area contributed by atoms with Gasteiger partial charge in [0.25, 0.3) is 0 Å². The number of aryl methyl sites for hydroxylation is 1. The number of rotatable bonds is 4. The molecule has 2 aromatic heterocycles. The Balaban J connectivity index is 1.95. The molecule has 0 N–H and O–H groups in total. The van der Waals surface area contributed by atoms with Gasteiger partial charge in [0.15, 0.2) is 0 Å². The smallest absolute Gasteiger partial charge is 0.135 e. The van der Waals surface area contributed by atoms with Gasteiger partial charge < -0.3 is 4.74 Å². The molecule has 0 saturated carbocycles. The Labute approximate surface area is 159 Å². The van der Waals surface area contributed by atoms with Crippen LogP contribution in [0.5, 0.6) is 5.75 Å². The standard InChI is InChI=1S/C20H17BrN4O/c1-3-26-18-10-17-14(9-16(18)21)20(23-12-22-17)15-11-25(2)24-19(15)13-7-5-4-6-8-13/h4-12H,3H2,1-2H3. The first kappa shape index (κ1) is 16.7. The van der Waals surface area contributed by atoms with Crippen LogP contribution < -0.4 is 4.74 Å². The third-order valence-electron chi connectivity index (χ3n) is 4.12. The fourth-order valence-electron chi connectivity index (χ4n) is 3.01. The lowest BCUT2D eigenvalue weighted by molar-refractivity contribution is 0.338. The molecule has 26 heavy (non-hydrogen) atoms. The average molecular weight is 409 g/mol. The van der Waals surface area contributed by atoms with Crippen LogP contribution in [0.1, 0.15) is 6.92 Å². The van der Waals surface area contributed by atoms with E-state index in [1.54, 1.807) is 6.33 Å². The molecule has 4 rings (SSSR count). The van der Waals surface area contributed by atoms with Crippen LogP contribution in [0.3, 0.4) is 0 Å². The van der Waals surface area contributed by atoms with Crippen molar-refractivity contribution < 1.29 is 4.74 Å². The molecule has 2 aromatic carbocycles. The second kappa shape index (κ2) is 6.88. The zero-order valence-corrected chi connectivity index (χ0v) is 16.1. The summed E-state index contributed by atoms with van der Waals surface area (Å²) in [7, 11) is 1.92. The molecular formula is C20H17BrN4O. The highest BCUT2D eigenvalue weighted by atomic mass is 79.9. The van der Waals surface area contributed by atoms with Crippen molar-refractivity contribution in [1.29, 1.82) is 0 Å². The van der Waals surface area contributed by atoms with Gasteiger partial charge in [-0.15, -0.1) is 0 Å². The molecule has 0 radical (unpaired) electrons. The first-order valence-corrected chi connectivity index (χ1v) is 9.13. The second-order valence-electron chi connectivity index (χ2n) is 5.89. The predicted octanol–water partition coefficient (Wildman–Crippen LogP) is 4.86. The Hall–Kier alpha value is -2.73. The molecule has 4 aromatic rings. The van der Waals surface area contributed by atoms with E-state index in [0.717, 1.165) is 43.6 Å². The van der Waals surface area contributed by atoms with Crippen LogP contribution in [0.2, 0.25) is 0 Å². The van der Waals surface area contributed by atoms with Crippen LogP contribution in [0.25, 0.3) is 33.4 Å². The van der Waals surface area contributed by atoms with Crippen molar-refractivity contribution in [1.82, 2.24) is 19.7 Å². The highest BCUT2D eigenvalue weighted by molar-refractivity contribution is 9.10. The topological polar surface area (TPSA) is 52.8 Å². The molecule has 0 amide bonds. The van der Waals surface area contributed by atoms with Gasteiger partial charge in [0.05, 0.1) is 22.3 Å². The molecule has 0 unspecified atom stereocenters. The van der Waals surface area contributed by atoms with Crippen LogP contribution in [0, 0.1) is 0 Å². The fourth-order valence-corrected chi connectivity index (χ4v) is 3.47. The van der Waals surface area contributed by atoms with Gasteiger partial charge in [0, 0.05) is 35.8 Å². The SMILES string of the molecule is CCOc1cc2ncnc(-c3cn(C)nc3-c3ccccc3)c2cc1Br. The lowest BCUT2D eigenvalue weighted by Crippen LogP contribution is -1.95. The summed E-state index contributed by atoms with van der Waals surface area (Å²) in [6.45, 7) is 2.56. The molecule has 0 fully saturated rings. The van der Waals surface area contributed by atoms with Gasteiger partial charge in [0.1, 0.15) is 17.8 Å².